The molecule has 26 heavy (non-hydrogen) atoms. The normalized spacial score (nSPS) is 18.7. The van der Waals surface area contributed by atoms with Crippen LogP contribution in [-0.2, 0) is 14.8 Å². The number of carbonyl (C=O) groups is 1. The summed E-state index contributed by atoms with van der Waals surface area (Å²) in [6.45, 7) is -0.361. The van der Waals surface area contributed by atoms with Crippen molar-refractivity contribution in [3.8, 4) is 0 Å². The number of carbonyl (C=O) groups excluding carboxylic acids is 1. The van der Waals surface area contributed by atoms with Crippen LogP contribution in [0, 0.1) is 17.0 Å². The van der Waals surface area contributed by atoms with Gasteiger partial charge in [-0.25, -0.2) is 8.42 Å². The average molecular weight is 395 g/mol. The molecule has 144 valence electrons. The maximum absolute atomic E-state index is 12.8. The summed E-state index contributed by atoms with van der Waals surface area (Å²) in [5.41, 5.74) is -0.498. The summed E-state index contributed by atoms with van der Waals surface area (Å²) in [7, 11) is -4.29. The molecule has 1 atom stereocenters. The van der Waals surface area contributed by atoms with Crippen LogP contribution in [-0.4, -0.2) is 48.9 Å². The molecule has 1 amide bonds. The SMILES string of the molecule is Cc1c([N+](=O)[O-])cccc1S(=O)(=O)N1CCCC1C(=O)NCC(F)(F)F. The minimum atomic E-state index is -4.62. The third kappa shape index (κ3) is 4.12. The first kappa shape index (κ1) is 20.1. The Labute approximate surface area is 147 Å². The second-order valence-corrected chi connectivity index (χ2v) is 7.62. The summed E-state index contributed by atoms with van der Waals surface area (Å²) in [6.07, 6.45) is -4.26. The standard InChI is InChI=1S/C14H16F3N3O5S/c1-9-10(20(22)23)4-2-6-12(9)26(24,25)19-7-3-5-11(19)13(21)18-8-14(15,16)17/h2,4,6,11H,3,5,7-8H2,1H3,(H,18,21). The molecule has 0 aliphatic carbocycles. The second-order valence-electron chi connectivity index (χ2n) is 5.76. The quantitative estimate of drug-likeness (QED) is 0.603. The maximum atomic E-state index is 12.8. The molecule has 1 aromatic rings. The zero-order chi connectivity index (χ0) is 19.7. The topological polar surface area (TPSA) is 110 Å². The molecule has 0 spiro atoms. The minimum Gasteiger partial charge on any atom is -0.346 e. The molecule has 1 aromatic carbocycles. The Balaban J connectivity index is 2.32. The fourth-order valence-corrected chi connectivity index (χ4v) is 4.70. The molecule has 8 nitrogen and oxygen atoms in total. The van der Waals surface area contributed by atoms with E-state index in [0.717, 1.165) is 10.4 Å². The van der Waals surface area contributed by atoms with E-state index in [-0.39, 0.29) is 29.8 Å². The first-order valence-corrected chi connectivity index (χ1v) is 8.99. The molecule has 1 heterocycles. The Kier molecular flexibility index (Phi) is 5.56. The number of nitrogens with zero attached hydrogens (tertiary/aromatic N) is 2. The lowest BCUT2D eigenvalue weighted by Crippen LogP contribution is -2.48. The van der Waals surface area contributed by atoms with E-state index in [1.165, 1.54) is 19.1 Å². The zero-order valence-corrected chi connectivity index (χ0v) is 14.4. The predicted octanol–water partition coefficient (Wildman–Crippen LogP) is 1.73. The number of alkyl halides is 3. The van der Waals surface area contributed by atoms with Gasteiger partial charge >= 0.3 is 6.18 Å². The van der Waals surface area contributed by atoms with E-state index in [9.17, 15) is 36.5 Å². The van der Waals surface area contributed by atoms with Gasteiger partial charge in [-0.2, -0.15) is 17.5 Å². The highest BCUT2D eigenvalue weighted by molar-refractivity contribution is 7.89. The number of nitro groups is 1. The van der Waals surface area contributed by atoms with Gasteiger partial charge in [0.15, 0.2) is 0 Å². The Morgan fingerprint density at radius 2 is 2.08 bits per heavy atom. The largest absolute Gasteiger partial charge is 0.405 e. The molecule has 1 saturated heterocycles. The number of hydrogen-bond donors (Lipinski definition) is 1. The molecule has 0 aromatic heterocycles. The molecule has 1 unspecified atom stereocenters. The predicted molar refractivity (Wildman–Crippen MR) is 83.8 cm³/mol. The minimum absolute atomic E-state index is 0.0609. The van der Waals surface area contributed by atoms with Crippen molar-refractivity contribution in [2.45, 2.75) is 36.9 Å². The first-order chi connectivity index (χ1) is 11.9. The van der Waals surface area contributed by atoms with Gasteiger partial charge in [-0.3, -0.25) is 14.9 Å². The fourth-order valence-electron chi connectivity index (χ4n) is 2.80. The summed E-state index contributed by atoms with van der Waals surface area (Å²) in [6, 6.07) is 2.22. The van der Waals surface area contributed by atoms with Crippen molar-refractivity contribution in [3.05, 3.63) is 33.9 Å². The van der Waals surface area contributed by atoms with Gasteiger partial charge in [-0.1, -0.05) is 6.07 Å². The summed E-state index contributed by atoms with van der Waals surface area (Å²) < 4.78 is 63.3. The van der Waals surface area contributed by atoms with Crippen LogP contribution in [0.5, 0.6) is 0 Å². The number of nitrogens with one attached hydrogen (secondary N) is 1. The number of halogens is 3. The van der Waals surface area contributed by atoms with Crippen LogP contribution < -0.4 is 5.32 Å². The number of amides is 1. The molecule has 2 rings (SSSR count). The smallest absolute Gasteiger partial charge is 0.346 e. The average Bonchev–Trinajstić information content (AvgIpc) is 3.02. The molecule has 1 aliphatic rings. The first-order valence-electron chi connectivity index (χ1n) is 7.55. The Bertz CT molecular complexity index is 826. The van der Waals surface area contributed by atoms with Crippen LogP contribution in [0.3, 0.4) is 0 Å². The second kappa shape index (κ2) is 7.19. The highest BCUT2D eigenvalue weighted by Gasteiger charge is 2.41. The van der Waals surface area contributed by atoms with Crippen molar-refractivity contribution in [3.63, 3.8) is 0 Å². The number of benzene rings is 1. The van der Waals surface area contributed by atoms with Crippen LogP contribution in [0.2, 0.25) is 0 Å². The van der Waals surface area contributed by atoms with Crippen LogP contribution in [0.25, 0.3) is 0 Å². The lowest BCUT2D eigenvalue weighted by Gasteiger charge is -2.24. The van der Waals surface area contributed by atoms with Crippen LogP contribution >= 0.6 is 0 Å². The van der Waals surface area contributed by atoms with E-state index in [2.05, 4.69) is 0 Å². The lowest BCUT2D eigenvalue weighted by molar-refractivity contribution is -0.385. The van der Waals surface area contributed by atoms with Gasteiger partial charge in [0.25, 0.3) is 5.69 Å². The van der Waals surface area contributed by atoms with E-state index >= 15 is 0 Å². The summed E-state index contributed by atoms with van der Waals surface area (Å²) in [5, 5.41) is 12.7. The van der Waals surface area contributed by atoms with Crippen LogP contribution in [0.4, 0.5) is 18.9 Å². The number of rotatable bonds is 5. The number of nitro benzene ring substituents is 1. The highest BCUT2D eigenvalue weighted by atomic mass is 32.2. The third-order valence-electron chi connectivity index (χ3n) is 4.01. The molecule has 1 aliphatic heterocycles. The Morgan fingerprint density at radius 1 is 1.42 bits per heavy atom. The van der Waals surface area contributed by atoms with Gasteiger partial charge in [-0.15, -0.1) is 0 Å². The van der Waals surface area contributed by atoms with Crippen molar-refractivity contribution in [1.29, 1.82) is 0 Å². The van der Waals surface area contributed by atoms with E-state index in [1.54, 1.807) is 5.32 Å². The van der Waals surface area contributed by atoms with Gasteiger partial charge < -0.3 is 5.32 Å². The van der Waals surface area contributed by atoms with Crippen LogP contribution in [0.15, 0.2) is 23.1 Å². The van der Waals surface area contributed by atoms with Gasteiger partial charge in [0.05, 0.1) is 9.82 Å². The van der Waals surface area contributed by atoms with Crippen molar-refractivity contribution in [2.75, 3.05) is 13.1 Å². The van der Waals surface area contributed by atoms with Gasteiger partial charge in [0.2, 0.25) is 15.9 Å². The van der Waals surface area contributed by atoms with E-state index in [4.69, 9.17) is 0 Å². The maximum Gasteiger partial charge on any atom is 0.405 e. The molecular formula is C14H16F3N3O5S. The van der Waals surface area contributed by atoms with E-state index in [0.29, 0.717) is 0 Å². The van der Waals surface area contributed by atoms with Gasteiger partial charge in [0.1, 0.15) is 12.6 Å². The van der Waals surface area contributed by atoms with E-state index in [1.807, 2.05) is 0 Å². The Hall–Kier alpha value is -2.21. The fraction of sp³-hybridized carbons (Fsp3) is 0.500. The summed E-state index contributed by atoms with van der Waals surface area (Å²) >= 11 is 0. The van der Waals surface area contributed by atoms with Crippen LogP contribution in [0.1, 0.15) is 18.4 Å². The number of hydrogen-bond acceptors (Lipinski definition) is 5. The summed E-state index contributed by atoms with van der Waals surface area (Å²) in [5.74, 6) is -1.05. The molecule has 1 N–H and O–H groups in total. The molecular weight excluding hydrogens is 379 g/mol. The summed E-state index contributed by atoms with van der Waals surface area (Å²) in [4.78, 5) is 21.9. The van der Waals surface area contributed by atoms with E-state index < -0.39 is 45.3 Å². The van der Waals surface area contributed by atoms with Gasteiger partial charge in [0, 0.05) is 18.2 Å². The van der Waals surface area contributed by atoms with Gasteiger partial charge in [-0.05, 0) is 25.8 Å². The Morgan fingerprint density at radius 3 is 2.65 bits per heavy atom. The molecule has 12 heteroatoms. The lowest BCUT2D eigenvalue weighted by atomic mass is 10.2. The van der Waals surface area contributed by atoms with Crippen molar-refractivity contribution >= 4 is 21.6 Å². The third-order valence-corrected chi connectivity index (χ3v) is 6.06. The molecule has 0 bridgehead atoms. The number of sulfonamides is 1. The monoisotopic (exact) mass is 395 g/mol. The molecule has 0 radical (unpaired) electrons. The molecule has 0 saturated carbocycles. The zero-order valence-electron chi connectivity index (χ0n) is 13.6. The molecule has 1 fully saturated rings. The van der Waals surface area contributed by atoms with Crippen molar-refractivity contribution in [1.82, 2.24) is 9.62 Å². The van der Waals surface area contributed by atoms with Crippen molar-refractivity contribution in [2.24, 2.45) is 0 Å². The van der Waals surface area contributed by atoms with Crippen molar-refractivity contribution < 1.29 is 31.3 Å². The highest BCUT2D eigenvalue weighted by Crippen LogP contribution is 2.31.